The number of piperidine rings is 1. The van der Waals surface area contributed by atoms with Crippen LogP contribution >= 0.6 is 0 Å². The van der Waals surface area contributed by atoms with E-state index < -0.39 is 15.9 Å². The Kier molecular flexibility index (Phi) is 6.05. The van der Waals surface area contributed by atoms with Crippen molar-refractivity contribution in [2.45, 2.75) is 30.8 Å². The summed E-state index contributed by atoms with van der Waals surface area (Å²) in [5.41, 5.74) is 2.06. The van der Waals surface area contributed by atoms with Crippen LogP contribution in [0, 0.1) is 12.8 Å². The van der Waals surface area contributed by atoms with Gasteiger partial charge >= 0.3 is 6.03 Å². The third-order valence-corrected chi connectivity index (χ3v) is 6.35. The van der Waals surface area contributed by atoms with Gasteiger partial charge in [-0.05, 0) is 48.9 Å². The first-order valence-electron chi connectivity index (χ1n) is 9.35. The summed E-state index contributed by atoms with van der Waals surface area (Å²) in [6.07, 6.45) is 1.97. The first-order valence-corrected chi connectivity index (χ1v) is 11.2. The summed E-state index contributed by atoms with van der Waals surface area (Å²) in [4.78, 5) is 14.4. The number of rotatable bonds is 4. The second-order valence-corrected chi connectivity index (χ2v) is 9.37. The maximum atomic E-state index is 12.7. The van der Waals surface area contributed by atoms with Crippen LogP contribution < -0.4 is 5.32 Å². The lowest BCUT2D eigenvalue weighted by atomic mass is 9.87. The van der Waals surface area contributed by atoms with Crippen molar-refractivity contribution in [3.05, 3.63) is 59.7 Å². The van der Waals surface area contributed by atoms with Gasteiger partial charge in [0.2, 0.25) is 0 Å². The predicted molar refractivity (Wildman–Crippen MR) is 109 cm³/mol. The van der Waals surface area contributed by atoms with Gasteiger partial charge in [-0.3, -0.25) is 0 Å². The Labute approximate surface area is 166 Å². The van der Waals surface area contributed by atoms with Crippen LogP contribution in [0.25, 0.3) is 0 Å². The minimum atomic E-state index is -3.44. The van der Waals surface area contributed by atoms with Gasteiger partial charge in [0.25, 0.3) is 0 Å². The fourth-order valence-corrected chi connectivity index (χ4v) is 4.42. The molecule has 1 saturated heterocycles. The molecular weight excluding hydrogens is 376 g/mol. The van der Waals surface area contributed by atoms with E-state index in [0.29, 0.717) is 31.6 Å². The molecule has 2 aromatic rings. The number of aryl methyl sites for hydroxylation is 1. The van der Waals surface area contributed by atoms with Gasteiger partial charge in [0.05, 0.1) is 16.7 Å². The highest BCUT2D eigenvalue weighted by molar-refractivity contribution is 7.90. The molecule has 0 aliphatic carbocycles. The molecule has 0 saturated carbocycles. The molecular formula is C21H26N2O4S. The Balaban J connectivity index is 1.64. The average Bonchev–Trinajstić information content (AvgIpc) is 2.67. The Hall–Kier alpha value is -2.38. The average molecular weight is 403 g/mol. The number of nitrogens with zero attached hydrogens (tertiary/aromatic N) is 1. The molecule has 1 fully saturated rings. The van der Waals surface area contributed by atoms with Gasteiger partial charge in [0, 0.05) is 19.3 Å². The number of hydrogen-bond donors (Lipinski definition) is 2. The molecule has 1 unspecified atom stereocenters. The number of sulfone groups is 1. The molecule has 28 heavy (non-hydrogen) atoms. The summed E-state index contributed by atoms with van der Waals surface area (Å²) >= 11 is 0. The summed E-state index contributed by atoms with van der Waals surface area (Å²) in [5, 5.41) is 13.3. The fourth-order valence-electron chi connectivity index (χ4n) is 3.60. The maximum absolute atomic E-state index is 12.7. The Morgan fingerprint density at radius 3 is 2.39 bits per heavy atom. The quantitative estimate of drug-likeness (QED) is 0.821. The number of benzene rings is 2. The zero-order valence-corrected chi connectivity index (χ0v) is 16.9. The van der Waals surface area contributed by atoms with E-state index >= 15 is 0 Å². The molecule has 1 aliphatic rings. The van der Waals surface area contributed by atoms with Gasteiger partial charge < -0.3 is 15.3 Å². The summed E-state index contributed by atoms with van der Waals surface area (Å²) < 4.78 is 24.0. The van der Waals surface area contributed by atoms with E-state index in [4.69, 9.17) is 0 Å². The van der Waals surface area contributed by atoms with Crippen LogP contribution in [0.3, 0.4) is 0 Å². The van der Waals surface area contributed by atoms with Crippen LogP contribution in [-0.2, 0) is 9.84 Å². The highest BCUT2D eigenvalue weighted by Crippen LogP contribution is 2.31. The van der Waals surface area contributed by atoms with E-state index in [0.717, 1.165) is 17.4 Å². The van der Waals surface area contributed by atoms with Crippen LogP contribution in [0.4, 0.5) is 10.5 Å². The van der Waals surface area contributed by atoms with Crippen molar-refractivity contribution in [2.24, 2.45) is 5.92 Å². The van der Waals surface area contributed by atoms with Crippen molar-refractivity contribution in [3.63, 3.8) is 0 Å². The van der Waals surface area contributed by atoms with Gasteiger partial charge in [0.1, 0.15) is 0 Å². The van der Waals surface area contributed by atoms with Gasteiger partial charge in [-0.1, -0.05) is 36.4 Å². The number of aliphatic hydroxyl groups is 1. The fraction of sp³-hybridized carbons (Fsp3) is 0.381. The summed E-state index contributed by atoms with van der Waals surface area (Å²) in [7, 11) is -3.44. The minimum absolute atomic E-state index is 0.0944. The number of likely N-dealkylation sites (tertiary alicyclic amines) is 1. The van der Waals surface area contributed by atoms with Crippen molar-refractivity contribution in [1.29, 1.82) is 0 Å². The molecule has 7 heteroatoms. The Morgan fingerprint density at radius 2 is 1.79 bits per heavy atom. The third kappa shape index (κ3) is 4.72. The predicted octanol–water partition coefficient (Wildman–Crippen LogP) is 3.38. The van der Waals surface area contributed by atoms with E-state index in [-0.39, 0.29) is 16.8 Å². The van der Waals surface area contributed by atoms with Crippen LogP contribution in [0.2, 0.25) is 0 Å². The van der Waals surface area contributed by atoms with Crippen molar-refractivity contribution < 1.29 is 18.3 Å². The summed E-state index contributed by atoms with van der Waals surface area (Å²) in [6, 6.07) is 14.1. The lowest BCUT2D eigenvalue weighted by Crippen LogP contribution is -2.42. The van der Waals surface area contributed by atoms with Gasteiger partial charge in [-0.2, -0.15) is 0 Å². The van der Waals surface area contributed by atoms with Crippen molar-refractivity contribution in [1.82, 2.24) is 4.90 Å². The number of carbonyl (C=O) groups is 1. The number of anilines is 1. The van der Waals surface area contributed by atoms with E-state index in [1.165, 1.54) is 6.07 Å². The molecule has 150 valence electrons. The SMILES string of the molecule is Cc1ccc(S(C)(=O)=O)c(NC(=O)N2CCC(C(O)c3ccccc3)CC2)c1. The van der Waals surface area contributed by atoms with Crippen LogP contribution in [0.15, 0.2) is 53.4 Å². The molecule has 0 radical (unpaired) electrons. The molecule has 1 aliphatic heterocycles. The van der Waals surface area contributed by atoms with Crippen LogP contribution in [0.5, 0.6) is 0 Å². The van der Waals surface area contributed by atoms with Crippen molar-refractivity contribution in [3.8, 4) is 0 Å². The Morgan fingerprint density at radius 1 is 1.14 bits per heavy atom. The third-order valence-electron chi connectivity index (χ3n) is 5.19. The van der Waals surface area contributed by atoms with Crippen LogP contribution in [0.1, 0.15) is 30.1 Å². The van der Waals surface area contributed by atoms with Crippen molar-refractivity contribution in [2.75, 3.05) is 24.7 Å². The zero-order valence-electron chi connectivity index (χ0n) is 16.1. The lowest BCUT2D eigenvalue weighted by molar-refractivity contribution is 0.0683. The normalized spacial score (nSPS) is 16.6. The van der Waals surface area contributed by atoms with E-state index in [9.17, 15) is 18.3 Å². The smallest absolute Gasteiger partial charge is 0.321 e. The maximum Gasteiger partial charge on any atom is 0.321 e. The first-order chi connectivity index (χ1) is 13.3. The molecule has 1 atom stereocenters. The topological polar surface area (TPSA) is 86.7 Å². The van der Waals surface area contributed by atoms with E-state index in [1.807, 2.05) is 37.3 Å². The number of aliphatic hydroxyl groups excluding tert-OH is 1. The summed E-state index contributed by atoms with van der Waals surface area (Å²) in [5.74, 6) is 0.0944. The number of nitrogens with one attached hydrogen (secondary N) is 1. The van der Waals surface area contributed by atoms with E-state index in [2.05, 4.69) is 5.32 Å². The molecule has 0 spiro atoms. The number of amides is 2. The molecule has 3 rings (SSSR count). The zero-order chi connectivity index (χ0) is 20.3. The second-order valence-electron chi connectivity index (χ2n) is 7.38. The van der Waals surface area contributed by atoms with Crippen LogP contribution in [-0.4, -0.2) is 43.8 Å². The Bertz CT molecular complexity index is 936. The molecule has 0 aromatic heterocycles. The number of carbonyl (C=O) groups excluding carboxylic acids is 1. The summed E-state index contributed by atoms with van der Waals surface area (Å²) in [6.45, 7) is 2.87. The molecule has 2 aromatic carbocycles. The monoisotopic (exact) mass is 402 g/mol. The van der Waals surface area contributed by atoms with Crippen molar-refractivity contribution >= 4 is 21.6 Å². The van der Waals surface area contributed by atoms with Gasteiger partial charge in [-0.25, -0.2) is 13.2 Å². The highest BCUT2D eigenvalue weighted by Gasteiger charge is 2.28. The lowest BCUT2D eigenvalue weighted by Gasteiger charge is -2.34. The van der Waals surface area contributed by atoms with E-state index in [1.54, 1.807) is 17.0 Å². The molecule has 2 N–H and O–H groups in total. The van der Waals surface area contributed by atoms with Gasteiger partial charge in [-0.15, -0.1) is 0 Å². The van der Waals surface area contributed by atoms with Gasteiger partial charge in [0.15, 0.2) is 9.84 Å². The first kappa shape index (κ1) is 20.4. The number of urea groups is 1. The minimum Gasteiger partial charge on any atom is -0.388 e. The second kappa shape index (κ2) is 8.32. The molecule has 1 heterocycles. The molecule has 0 bridgehead atoms. The highest BCUT2D eigenvalue weighted by atomic mass is 32.2. The standard InChI is InChI=1S/C21H26N2O4S/c1-15-8-9-19(28(2,26)27)18(14-15)22-21(25)23-12-10-17(11-13-23)20(24)16-6-4-3-5-7-16/h3-9,14,17,20,24H,10-13H2,1-2H3,(H,22,25). The largest absolute Gasteiger partial charge is 0.388 e. The number of hydrogen-bond acceptors (Lipinski definition) is 4. The molecule has 2 amide bonds. The molecule has 6 nitrogen and oxygen atoms in total.